The molecule has 20 heavy (non-hydrogen) atoms. The summed E-state index contributed by atoms with van der Waals surface area (Å²) in [5, 5.41) is 0.791. The SMILES string of the molecule is CN1CC[N+](C)(C)P1(F)(c1ccccc1)n1cccc1. The molecule has 2 aromatic rings. The second-order valence-electron chi connectivity index (χ2n) is 6.00. The van der Waals surface area contributed by atoms with E-state index in [1.807, 2.05) is 85.0 Å². The molecule has 0 amide bonds. The van der Waals surface area contributed by atoms with Crippen molar-refractivity contribution in [3.05, 3.63) is 54.9 Å². The first kappa shape index (κ1) is 13.7. The van der Waals surface area contributed by atoms with Crippen molar-refractivity contribution in [1.82, 2.24) is 9.01 Å². The molecule has 0 aliphatic carbocycles. The fourth-order valence-electron chi connectivity index (χ4n) is 3.50. The number of halogens is 1. The van der Waals surface area contributed by atoms with Crippen molar-refractivity contribution < 1.29 is 8.45 Å². The monoisotopic (exact) mass is 294 g/mol. The van der Waals surface area contributed by atoms with Crippen LogP contribution < -0.4 is 5.30 Å². The summed E-state index contributed by atoms with van der Waals surface area (Å²) in [7, 11) is 1.95. The van der Waals surface area contributed by atoms with Gasteiger partial charge in [0.1, 0.15) is 0 Å². The zero-order valence-corrected chi connectivity index (χ0v) is 13.2. The van der Waals surface area contributed by atoms with Gasteiger partial charge < -0.3 is 0 Å². The third-order valence-electron chi connectivity index (χ3n) is 4.73. The quantitative estimate of drug-likeness (QED) is 0.773. The first-order valence-corrected chi connectivity index (χ1v) is 8.88. The Kier molecular flexibility index (Phi) is 2.85. The first-order chi connectivity index (χ1) is 9.42. The van der Waals surface area contributed by atoms with Gasteiger partial charge >= 0.3 is 119 Å². The number of likely N-dealkylation sites (N-methyl/N-ethyl adjacent to an activating group) is 2. The molecule has 0 radical (unpaired) electrons. The van der Waals surface area contributed by atoms with Crippen molar-refractivity contribution in [3.8, 4) is 0 Å². The van der Waals surface area contributed by atoms with Crippen LogP contribution in [-0.4, -0.2) is 47.5 Å². The maximum absolute atomic E-state index is 17.2. The van der Waals surface area contributed by atoms with Crippen LogP contribution in [0.4, 0.5) is 4.20 Å². The van der Waals surface area contributed by atoms with E-state index in [-0.39, 0.29) is 0 Å². The summed E-state index contributed by atoms with van der Waals surface area (Å²) in [6.45, 7) is 1.56. The fourth-order valence-corrected chi connectivity index (χ4v) is 8.73. The van der Waals surface area contributed by atoms with Crippen molar-refractivity contribution in [3.63, 3.8) is 0 Å². The van der Waals surface area contributed by atoms with Crippen LogP contribution in [-0.2, 0) is 0 Å². The molecule has 1 saturated heterocycles. The molecular weight excluding hydrogens is 272 g/mol. The van der Waals surface area contributed by atoms with Crippen LogP contribution in [0.3, 0.4) is 0 Å². The summed E-state index contributed by atoms with van der Waals surface area (Å²) in [4.78, 5) is 0. The van der Waals surface area contributed by atoms with E-state index < -0.39 is 7.37 Å². The molecular formula is C15H22FN3P+. The number of hydrogen-bond acceptors (Lipinski definition) is 1. The van der Waals surface area contributed by atoms with Crippen LogP contribution in [0.5, 0.6) is 0 Å². The van der Waals surface area contributed by atoms with E-state index in [2.05, 4.69) is 0 Å². The van der Waals surface area contributed by atoms with Gasteiger partial charge in [-0.3, -0.25) is 0 Å². The van der Waals surface area contributed by atoms with E-state index in [9.17, 15) is 0 Å². The van der Waals surface area contributed by atoms with Crippen molar-refractivity contribution in [2.24, 2.45) is 0 Å². The van der Waals surface area contributed by atoms with Gasteiger partial charge in [-0.05, 0) is 0 Å². The number of nitrogens with zero attached hydrogens (tertiary/aromatic N) is 3. The van der Waals surface area contributed by atoms with Crippen molar-refractivity contribution in [1.29, 1.82) is 0 Å². The Bertz CT molecular complexity index is 613. The molecule has 3 rings (SSSR count). The van der Waals surface area contributed by atoms with Gasteiger partial charge in [0, 0.05) is 0 Å². The van der Waals surface area contributed by atoms with Crippen molar-refractivity contribution in [2.45, 2.75) is 0 Å². The van der Waals surface area contributed by atoms with Gasteiger partial charge in [-0.1, -0.05) is 0 Å². The molecule has 108 valence electrons. The van der Waals surface area contributed by atoms with Gasteiger partial charge in [-0.2, -0.15) is 0 Å². The summed E-state index contributed by atoms with van der Waals surface area (Å²) in [5.74, 6) is 0. The molecule has 1 aliphatic heterocycles. The maximum atomic E-state index is 17.2. The van der Waals surface area contributed by atoms with Crippen molar-refractivity contribution in [2.75, 3.05) is 34.2 Å². The van der Waals surface area contributed by atoms with Crippen LogP contribution in [0.1, 0.15) is 0 Å². The molecule has 1 aromatic heterocycles. The summed E-state index contributed by atoms with van der Waals surface area (Å²) in [6.07, 6.45) is 3.74. The van der Waals surface area contributed by atoms with E-state index in [0.29, 0.717) is 4.25 Å². The average Bonchev–Trinajstić information content (AvgIpc) is 3.04. The van der Waals surface area contributed by atoms with E-state index in [4.69, 9.17) is 0 Å². The summed E-state index contributed by atoms with van der Waals surface area (Å²) < 4.78 is 21.3. The molecule has 3 nitrogen and oxygen atoms in total. The molecule has 0 spiro atoms. The topological polar surface area (TPSA) is 8.17 Å². The Hall–Kier alpha value is -1.22. The molecule has 0 N–H and O–H groups in total. The van der Waals surface area contributed by atoms with Crippen LogP contribution in [0.15, 0.2) is 54.9 Å². The minimum absolute atomic E-state index is 0.362. The van der Waals surface area contributed by atoms with Crippen molar-refractivity contribution >= 4 is 12.7 Å². The molecule has 1 aromatic carbocycles. The Morgan fingerprint density at radius 2 is 1.65 bits per heavy atom. The molecule has 5 heteroatoms. The standard InChI is InChI=1S/C15H22FN3P/c1-17-13-14-19(2,3)20(17,16,18-11-7-8-12-18)15-9-5-4-6-10-15/h4-12H,13-14H2,1-3H3/q+1. The molecule has 1 aliphatic rings. The van der Waals surface area contributed by atoms with E-state index in [1.54, 1.807) is 0 Å². The first-order valence-electron chi connectivity index (χ1n) is 6.89. The van der Waals surface area contributed by atoms with Gasteiger partial charge in [0.2, 0.25) is 0 Å². The Morgan fingerprint density at radius 1 is 1.05 bits per heavy atom. The Morgan fingerprint density at radius 3 is 2.15 bits per heavy atom. The molecule has 0 bridgehead atoms. The second kappa shape index (κ2) is 4.14. The number of aromatic nitrogens is 1. The molecule has 1 fully saturated rings. The molecule has 2 heterocycles. The predicted octanol–water partition coefficient (Wildman–Crippen LogP) is 2.87. The van der Waals surface area contributed by atoms with Crippen LogP contribution in [0, 0.1) is 0 Å². The minimum atomic E-state index is -3.98. The number of benzene rings is 1. The van der Waals surface area contributed by atoms with Crippen LogP contribution in [0.25, 0.3) is 0 Å². The average molecular weight is 294 g/mol. The predicted molar refractivity (Wildman–Crippen MR) is 83.5 cm³/mol. The van der Waals surface area contributed by atoms with E-state index in [1.165, 1.54) is 0 Å². The Labute approximate surface area is 120 Å². The van der Waals surface area contributed by atoms with Crippen LogP contribution in [0.2, 0.25) is 0 Å². The van der Waals surface area contributed by atoms with Gasteiger partial charge in [-0.25, -0.2) is 0 Å². The Balaban J connectivity index is 2.41. The molecule has 0 saturated carbocycles. The normalized spacial score (nSPS) is 25.9. The van der Waals surface area contributed by atoms with E-state index in [0.717, 1.165) is 18.4 Å². The number of quaternary nitrogens is 1. The van der Waals surface area contributed by atoms with Gasteiger partial charge in [0.25, 0.3) is 0 Å². The third-order valence-corrected chi connectivity index (χ3v) is 10.5. The number of rotatable bonds is 2. The van der Waals surface area contributed by atoms with Crippen LogP contribution >= 0.6 is 7.37 Å². The summed E-state index contributed by atoms with van der Waals surface area (Å²) >= 11 is 0. The summed E-state index contributed by atoms with van der Waals surface area (Å²) in [5.41, 5.74) is 0. The second-order valence-corrected chi connectivity index (χ2v) is 10.5. The zero-order chi connectivity index (χ0) is 14.5. The fraction of sp³-hybridized carbons (Fsp3) is 0.333. The molecule has 0 atom stereocenters. The summed E-state index contributed by atoms with van der Waals surface area (Å²) in [6, 6.07) is 13.5. The van der Waals surface area contributed by atoms with Gasteiger partial charge in [-0.15, -0.1) is 0 Å². The third kappa shape index (κ3) is 1.34. The zero-order valence-electron chi connectivity index (χ0n) is 12.3. The van der Waals surface area contributed by atoms with Gasteiger partial charge in [0.05, 0.1) is 0 Å². The van der Waals surface area contributed by atoms with Gasteiger partial charge in [0.15, 0.2) is 0 Å². The van der Waals surface area contributed by atoms with E-state index >= 15 is 4.20 Å². The number of hydrogen-bond donors (Lipinski definition) is 0. The molecule has 0 unspecified atom stereocenters.